The zero-order valence-corrected chi connectivity index (χ0v) is 11.0. The van der Waals surface area contributed by atoms with Crippen molar-refractivity contribution >= 4 is 11.8 Å². The standard InChI is InChI=1S/C11H16N2O3S/c1-7-11(14,4-5-17-7)9-10(16-3)13-8(15-2)6-12-9/h6-7,14H,4-5H2,1-3H3. The largest absolute Gasteiger partial charge is 0.480 e. The lowest BCUT2D eigenvalue weighted by atomic mass is 9.93. The van der Waals surface area contributed by atoms with E-state index in [1.165, 1.54) is 20.4 Å². The average molecular weight is 256 g/mol. The second kappa shape index (κ2) is 4.70. The van der Waals surface area contributed by atoms with Crippen molar-refractivity contribution < 1.29 is 14.6 Å². The molecule has 0 spiro atoms. The molecule has 1 N–H and O–H groups in total. The number of rotatable bonds is 3. The van der Waals surface area contributed by atoms with Gasteiger partial charge in [-0.1, -0.05) is 6.92 Å². The summed E-state index contributed by atoms with van der Waals surface area (Å²) in [5.41, 5.74) is -0.465. The van der Waals surface area contributed by atoms with Crippen molar-refractivity contribution in [2.75, 3.05) is 20.0 Å². The van der Waals surface area contributed by atoms with Gasteiger partial charge in [-0.25, -0.2) is 4.98 Å². The molecule has 6 heteroatoms. The number of ether oxygens (including phenoxy) is 2. The maximum Gasteiger partial charge on any atom is 0.241 e. The van der Waals surface area contributed by atoms with Crippen LogP contribution in [0.4, 0.5) is 0 Å². The summed E-state index contributed by atoms with van der Waals surface area (Å²) in [6.45, 7) is 1.99. The van der Waals surface area contributed by atoms with Gasteiger partial charge in [0.25, 0.3) is 0 Å². The van der Waals surface area contributed by atoms with E-state index in [1.807, 2.05) is 6.92 Å². The van der Waals surface area contributed by atoms with Crippen LogP contribution in [0.1, 0.15) is 19.0 Å². The van der Waals surface area contributed by atoms with E-state index in [0.717, 1.165) is 5.75 Å². The molecule has 1 aliphatic heterocycles. The van der Waals surface area contributed by atoms with E-state index < -0.39 is 5.60 Å². The van der Waals surface area contributed by atoms with Crippen LogP contribution in [-0.4, -0.2) is 40.3 Å². The van der Waals surface area contributed by atoms with E-state index in [-0.39, 0.29) is 5.25 Å². The van der Waals surface area contributed by atoms with Gasteiger partial charge in [-0.2, -0.15) is 16.7 Å². The molecule has 2 rings (SSSR count). The van der Waals surface area contributed by atoms with Gasteiger partial charge in [-0.15, -0.1) is 0 Å². The monoisotopic (exact) mass is 256 g/mol. The predicted octanol–water partition coefficient (Wildman–Crippen LogP) is 1.21. The SMILES string of the molecule is COc1cnc(C2(O)CCSC2C)c(OC)n1. The Morgan fingerprint density at radius 1 is 1.47 bits per heavy atom. The molecule has 1 aromatic rings. The Kier molecular flexibility index (Phi) is 3.44. The van der Waals surface area contributed by atoms with Crippen molar-refractivity contribution in [1.29, 1.82) is 0 Å². The second-order valence-electron chi connectivity index (χ2n) is 3.96. The van der Waals surface area contributed by atoms with Crippen LogP contribution in [0.3, 0.4) is 0 Å². The molecular formula is C11H16N2O3S. The maximum absolute atomic E-state index is 10.7. The molecule has 1 fully saturated rings. The third-order valence-electron chi connectivity index (χ3n) is 3.05. The fourth-order valence-electron chi connectivity index (χ4n) is 1.94. The number of nitrogens with zero attached hydrogens (tertiary/aromatic N) is 2. The summed E-state index contributed by atoms with van der Waals surface area (Å²) < 4.78 is 10.2. The van der Waals surface area contributed by atoms with Crippen LogP contribution in [0.2, 0.25) is 0 Å². The first-order chi connectivity index (χ1) is 8.11. The van der Waals surface area contributed by atoms with Crippen molar-refractivity contribution in [2.45, 2.75) is 24.2 Å². The number of aliphatic hydroxyl groups is 1. The van der Waals surface area contributed by atoms with E-state index in [9.17, 15) is 5.11 Å². The number of hydrogen-bond donors (Lipinski definition) is 1. The minimum absolute atomic E-state index is 0.0825. The van der Waals surface area contributed by atoms with Gasteiger partial charge in [0, 0.05) is 5.25 Å². The molecule has 2 heterocycles. The lowest BCUT2D eigenvalue weighted by Crippen LogP contribution is -2.33. The van der Waals surface area contributed by atoms with Crippen LogP contribution in [0, 0.1) is 0 Å². The van der Waals surface area contributed by atoms with Crippen molar-refractivity contribution in [3.63, 3.8) is 0 Å². The highest BCUT2D eigenvalue weighted by molar-refractivity contribution is 8.00. The minimum atomic E-state index is -0.963. The van der Waals surface area contributed by atoms with Crippen molar-refractivity contribution in [3.05, 3.63) is 11.9 Å². The Balaban J connectivity index is 2.44. The molecule has 5 nitrogen and oxygen atoms in total. The van der Waals surface area contributed by atoms with E-state index in [2.05, 4.69) is 9.97 Å². The first-order valence-corrected chi connectivity index (χ1v) is 6.46. The Morgan fingerprint density at radius 2 is 2.24 bits per heavy atom. The third-order valence-corrected chi connectivity index (χ3v) is 4.38. The molecule has 0 amide bonds. The molecule has 1 saturated heterocycles. The normalized spacial score (nSPS) is 28.1. The first-order valence-electron chi connectivity index (χ1n) is 5.41. The summed E-state index contributed by atoms with van der Waals surface area (Å²) in [4.78, 5) is 8.41. The summed E-state index contributed by atoms with van der Waals surface area (Å²) >= 11 is 1.72. The van der Waals surface area contributed by atoms with Gasteiger partial charge in [0.2, 0.25) is 11.8 Å². The summed E-state index contributed by atoms with van der Waals surface area (Å²) in [5.74, 6) is 1.63. The lowest BCUT2D eigenvalue weighted by molar-refractivity contribution is 0.0346. The van der Waals surface area contributed by atoms with Crippen molar-refractivity contribution in [3.8, 4) is 11.8 Å². The van der Waals surface area contributed by atoms with E-state index in [4.69, 9.17) is 9.47 Å². The first kappa shape index (κ1) is 12.4. The highest BCUT2D eigenvalue weighted by Gasteiger charge is 2.44. The number of thioether (sulfide) groups is 1. The molecule has 1 aliphatic rings. The van der Waals surface area contributed by atoms with E-state index >= 15 is 0 Å². The molecule has 1 aromatic heterocycles. The van der Waals surface area contributed by atoms with Gasteiger partial charge >= 0.3 is 0 Å². The number of hydrogen-bond acceptors (Lipinski definition) is 6. The highest BCUT2D eigenvalue weighted by Crippen LogP contribution is 2.44. The third kappa shape index (κ3) is 2.07. The van der Waals surface area contributed by atoms with Crippen LogP contribution in [0.5, 0.6) is 11.8 Å². The van der Waals surface area contributed by atoms with Crippen molar-refractivity contribution in [1.82, 2.24) is 9.97 Å². The topological polar surface area (TPSA) is 64.5 Å². The molecule has 17 heavy (non-hydrogen) atoms. The molecular weight excluding hydrogens is 240 g/mol. The molecule has 2 unspecified atom stereocenters. The Labute approximate surface area is 105 Å². The van der Waals surface area contributed by atoms with Gasteiger partial charge in [0.1, 0.15) is 11.3 Å². The van der Waals surface area contributed by atoms with Gasteiger partial charge in [-0.05, 0) is 12.2 Å². The fraction of sp³-hybridized carbons (Fsp3) is 0.636. The summed E-state index contributed by atoms with van der Waals surface area (Å²) in [7, 11) is 3.04. The van der Waals surface area contributed by atoms with Gasteiger partial charge < -0.3 is 14.6 Å². The van der Waals surface area contributed by atoms with Crippen LogP contribution < -0.4 is 9.47 Å². The summed E-state index contributed by atoms with van der Waals surface area (Å²) in [6.07, 6.45) is 2.17. The fourth-order valence-corrected chi connectivity index (χ4v) is 3.23. The number of methoxy groups -OCH3 is 2. The van der Waals surface area contributed by atoms with Crippen LogP contribution in [0.25, 0.3) is 0 Å². The molecule has 0 bridgehead atoms. The molecule has 0 radical (unpaired) electrons. The Bertz CT molecular complexity index is 416. The van der Waals surface area contributed by atoms with Gasteiger partial charge in [-0.3, -0.25) is 0 Å². The Morgan fingerprint density at radius 3 is 2.76 bits per heavy atom. The quantitative estimate of drug-likeness (QED) is 0.877. The molecule has 0 aromatic carbocycles. The summed E-state index contributed by atoms with van der Waals surface area (Å²) in [5, 5.41) is 10.7. The molecule has 0 saturated carbocycles. The lowest BCUT2D eigenvalue weighted by Gasteiger charge is -2.26. The molecule has 2 atom stereocenters. The van der Waals surface area contributed by atoms with Gasteiger partial charge in [0.15, 0.2) is 0 Å². The maximum atomic E-state index is 10.7. The highest BCUT2D eigenvalue weighted by atomic mass is 32.2. The van der Waals surface area contributed by atoms with Gasteiger partial charge in [0.05, 0.1) is 20.4 Å². The van der Waals surface area contributed by atoms with E-state index in [1.54, 1.807) is 11.8 Å². The summed E-state index contributed by atoms with van der Waals surface area (Å²) in [6, 6.07) is 0. The number of aromatic nitrogens is 2. The smallest absolute Gasteiger partial charge is 0.241 e. The molecule has 0 aliphatic carbocycles. The van der Waals surface area contributed by atoms with E-state index in [0.29, 0.717) is 23.9 Å². The Hall–Kier alpha value is -1.01. The van der Waals surface area contributed by atoms with Crippen LogP contribution >= 0.6 is 11.8 Å². The minimum Gasteiger partial charge on any atom is -0.480 e. The zero-order valence-electron chi connectivity index (χ0n) is 10.1. The molecule has 94 valence electrons. The van der Waals surface area contributed by atoms with Crippen molar-refractivity contribution in [2.24, 2.45) is 0 Å². The second-order valence-corrected chi connectivity index (χ2v) is 5.41. The van der Waals surface area contributed by atoms with Crippen LogP contribution in [-0.2, 0) is 5.60 Å². The van der Waals surface area contributed by atoms with Crippen LogP contribution in [0.15, 0.2) is 6.20 Å². The zero-order chi connectivity index (χ0) is 12.5. The predicted molar refractivity (Wildman–Crippen MR) is 65.6 cm³/mol. The average Bonchev–Trinajstić information content (AvgIpc) is 2.69.